The molecule has 0 spiro atoms. The molecular formula is C64H43NS. The first-order chi connectivity index (χ1) is 32.7. The molecule has 1 aromatic heterocycles. The van der Waals surface area contributed by atoms with E-state index in [2.05, 4.69) is 266 Å². The molecule has 2 heteroatoms. The number of thiophene rings is 1. The van der Waals surface area contributed by atoms with Gasteiger partial charge in [-0.05, 0) is 156 Å². The van der Waals surface area contributed by atoms with E-state index in [1.165, 1.54) is 97.7 Å². The number of benzene rings is 11. The van der Waals surface area contributed by atoms with Gasteiger partial charge in [-0.1, -0.05) is 182 Å². The molecule has 11 aromatic carbocycles. The van der Waals surface area contributed by atoms with Gasteiger partial charge in [-0.3, -0.25) is 0 Å². The molecule has 12 rings (SSSR count). The van der Waals surface area contributed by atoms with Crippen LogP contribution in [0, 0.1) is 0 Å². The predicted octanol–water partition coefficient (Wildman–Crippen LogP) is 18.7. The second-order valence-electron chi connectivity index (χ2n) is 16.9. The lowest BCUT2D eigenvalue weighted by molar-refractivity contribution is 1.28. The Bertz CT molecular complexity index is 3600. The van der Waals surface area contributed by atoms with Crippen molar-refractivity contribution in [2.24, 2.45) is 0 Å². The molecule has 66 heavy (non-hydrogen) atoms. The van der Waals surface area contributed by atoms with Crippen molar-refractivity contribution in [1.82, 2.24) is 0 Å². The molecule has 1 nitrogen and oxygen atoms in total. The van der Waals surface area contributed by atoms with E-state index in [-0.39, 0.29) is 0 Å². The summed E-state index contributed by atoms with van der Waals surface area (Å²) in [5.74, 6) is 0. The molecule has 0 bridgehead atoms. The molecular weight excluding hydrogens is 815 g/mol. The van der Waals surface area contributed by atoms with Gasteiger partial charge >= 0.3 is 0 Å². The fourth-order valence-electron chi connectivity index (χ4n) is 9.49. The van der Waals surface area contributed by atoms with Gasteiger partial charge in [-0.25, -0.2) is 0 Å². The topological polar surface area (TPSA) is 3.24 Å². The summed E-state index contributed by atoms with van der Waals surface area (Å²) in [6.07, 6.45) is 0. The number of nitrogens with zero attached hydrogens (tertiary/aromatic N) is 1. The standard InChI is InChI=1S/C64H43NS/c1-3-13-44(14-4-1)53-40-54(45-15-5-2-6-16-45)42-55(41-53)48-29-36-58(37-30-48)65(57-34-27-47(28-35-57)51-31-38-64-62(43-51)61-22-9-10-24-63(61)66-64)56-32-25-46(26-33-56)50-19-11-20-52(39-50)60-23-12-18-49-17-7-8-21-59(49)60/h1-43H. The Morgan fingerprint density at radius 1 is 0.227 bits per heavy atom. The van der Waals surface area contributed by atoms with Gasteiger partial charge < -0.3 is 4.90 Å². The SMILES string of the molecule is c1ccc(-c2cc(-c3ccccc3)cc(-c3ccc(N(c4ccc(-c5cccc(-c6cccc7ccccc67)c5)cc4)c4ccc(-c5ccc6sc7ccccc7c6c5)cc4)cc3)c2)cc1. The van der Waals surface area contributed by atoms with E-state index in [1.54, 1.807) is 0 Å². The molecule has 0 saturated heterocycles. The zero-order valence-corrected chi connectivity index (χ0v) is 37.0. The minimum atomic E-state index is 1.09. The van der Waals surface area contributed by atoms with Crippen molar-refractivity contribution >= 4 is 59.3 Å². The van der Waals surface area contributed by atoms with Crippen LogP contribution in [0.1, 0.15) is 0 Å². The van der Waals surface area contributed by atoms with Crippen molar-refractivity contribution in [3.8, 4) is 66.8 Å². The largest absolute Gasteiger partial charge is 0.311 e. The molecule has 0 atom stereocenters. The van der Waals surface area contributed by atoms with E-state index in [9.17, 15) is 0 Å². The summed E-state index contributed by atoms with van der Waals surface area (Å²) in [6, 6.07) is 95.1. The highest BCUT2D eigenvalue weighted by Crippen LogP contribution is 2.41. The third-order valence-corrected chi connectivity index (χ3v) is 14.0. The van der Waals surface area contributed by atoms with Crippen molar-refractivity contribution < 1.29 is 0 Å². The Hall–Kier alpha value is -8.30. The Labute approximate surface area is 389 Å². The summed E-state index contributed by atoms with van der Waals surface area (Å²) in [4.78, 5) is 2.37. The number of rotatable bonds is 9. The van der Waals surface area contributed by atoms with Gasteiger partial charge in [0.15, 0.2) is 0 Å². The average Bonchev–Trinajstić information content (AvgIpc) is 3.78. The predicted molar refractivity (Wildman–Crippen MR) is 284 cm³/mol. The molecule has 0 radical (unpaired) electrons. The second kappa shape index (κ2) is 17.0. The van der Waals surface area contributed by atoms with Gasteiger partial charge in [0.25, 0.3) is 0 Å². The molecule has 310 valence electrons. The summed E-state index contributed by atoms with van der Waals surface area (Å²) in [7, 11) is 0. The average molecular weight is 858 g/mol. The van der Waals surface area contributed by atoms with Crippen LogP contribution in [0.4, 0.5) is 17.1 Å². The van der Waals surface area contributed by atoms with E-state index in [0.717, 1.165) is 17.1 Å². The van der Waals surface area contributed by atoms with Crippen LogP contribution >= 0.6 is 11.3 Å². The molecule has 0 aliphatic heterocycles. The summed E-state index contributed by atoms with van der Waals surface area (Å²) < 4.78 is 2.64. The summed E-state index contributed by atoms with van der Waals surface area (Å²) in [5, 5.41) is 5.14. The molecule has 1 heterocycles. The number of hydrogen-bond acceptors (Lipinski definition) is 2. The Morgan fingerprint density at radius 2 is 0.621 bits per heavy atom. The number of anilines is 3. The van der Waals surface area contributed by atoms with Crippen molar-refractivity contribution in [1.29, 1.82) is 0 Å². The van der Waals surface area contributed by atoms with E-state index < -0.39 is 0 Å². The van der Waals surface area contributed by atoms with Gasteiger partial charge in [0, 0.05) is 37.2 Å². The quantitative estimate of drug-likeness (QED) is 0.140. The van der Waals surface area contributed by atoms with Crippen molar-refractivity contribution in [3.05, 3.63) is 261 Å². The lowest BCUT2D eigenvalue weighted by Crippen LogP contribution is -2.09. The van der Waals surface area contributed by atoms with Crippen LogP contribution in [-0.2, 0) is 0 Å². The van der Waals surface area contributed by atoms with Crippen LogP contribution in [0.3, 0.4) is 0 Å². The summed E-state index contributed by atoms with van der Waals surface area (Å²) >= 11 is 1.86. The molecule has 12 aromatic rings. The normalized spacial score (nSPS) is 11.3. The minimum absolute atomic E-state index is 1.09. The van der Waals surface area contributed by atoms with Gasteiger partial charge in [-0.15, -0.1) is 11.3 Å². The monoisotopic (exact) mass is 857 g/mol. The first kappa shape index (κ1) is 39.3. The fourth-order valence-corrected chi connectivity index (χ4v) is 10.6. The van der Waals surface area contributed by atoms with Crippen LogP contribution in [-0.4, -0.2) is 0 Å². The van der Waals surface area contributed by atoms with E-state index in [4.69, 9.17) is 0 Å². The van der Waals surface area contributed by atoms with Crippen molar-refractivity contribution in [2.45, 2.75) is 0 Å². The zero-order chi connectivity index (χ0) is 43.8. The maximum Gasteiger partial charge on any atom is 0.0462 e. The minimum Gasteiger partial charge on any atom is -0.311 e. The zero-order valence-electron chi connectivity index (χ0n) is 36.2. The first-order valence-electron chi connectivity index (χ1n) is 22.6. The summed E-state index contributed by atoms with van der Waals surface area (Å²) in [5.41, 5.74) is 17.7. The molecule has 0 unspecified atom stereocenters. The third-order valence-electron chi connectivity index (χ3n) is 12.9. The second-order valence-corrected chi connectivity index (χ2v) is 18.0. The van der Waals surface area contributed by atoms with Crippen LogP contribution in [0.2, 0.25) is 0 Å². The fraction of sp³-hybridized carbons (Fsp3) is 0. The third kappa shape index (κ3) is 7.54. The molecule has 0 N–H and O–H groups in total. The lowest BCUT2D eigenvalue weighted by Gasteiger charge is -2.26. The maximum atomic E-state index is 2.37. The van der Waals surface area contributed by atoms with Gasteiger partial charge in [0.05, 0.1) is 0 Å². The first-order valence-corrected chi connectivity index (χ1v) is 23.4. The summed E-state index contributed by atoms with van der Waals surface area (Å²) in [6.45, 7) is 0. The van der Waals surface area contributed by atoms with Gasteiger partial charge in [0.2, 0.25) is 0 Å². The van der Waals surface area contributed by atoms with Gasteiger partial charge in [-0.2, -0.15) is 0 Å². The van der Waals surface area contributed by atoms with Crippen molar-refractivity contribution in [2.75, 3.05) is 4.90 Å². The Balaban J connectivity index is 0.921. The van der Waals surface area contributed by atoms with Crippen molar-refractivity contribution in [3.63, 3.8) is 0 Å². The molecule has 0 amide bonds. The van der Waals surface area contributed by atoms with Crippen LogP contribution in [0.5, 0.6) is 0 Å². The van der Waals surface area contributed by atoms with Crippen LogP contribution < -0.4 is 4.90 Å². The maximum absolute atomic E-state index is 2.37. The molecule has 0 aliphatic carbocycles. The highest BCUT2D eigenvalue weighted by atomic mass is 32.1. The number of fused-ring (bicyclic) bond motifs is 4. The van der Waals surface area contributed by atoms with Crippen LogP contribution in [0.25, 0.3) is 97.7 Å². The number of hydrogen-bond donors (Lipinski definition) is 0. The molecule has 0 fully saturated rings. The molecule has 0 saturated carbocycles. The molecule has 0 aliphatic rings. The van der Waals surface area contributed by atoms with E-state index in [1.807, 2.05) is 11.3 Å². The highest BCUT2D eigenvalue weighted by molar-refractivity contribution is 7.25. The highest BCUT2D eigenvalue weighted by Gasteiger charge is 2.16. The van der Waals surface area contributed by atoms with Gasteiger partial charge in [0.1, 0.15) is 0 Å². The van der Waals surface area contributed by atoms with E-state index in [0.29, 0.717) is 0 Å². The van der Waals surface area contributed by atoms with E-state index >= 15 is 0 Å². The lowest BCUT2D eigenvalue weighted by atomic mass is 9.93. The smallest absolute Gasteiger partial charge is 0.0462 e. The van der Waals surface area contributed by atoms with Crippen LogP contribution in [0.15, 0.2) is 261 Å². The Morgan fingerprint density at radius 3 is 1.23 bits per heavy atom. The Kier molecular flexibility index (Phi) is 10.1.